The molecule has 25 nitrogen and oxygen atoms in total. The number of carbonyl (C=O) groups is 3. The highest BCUT2D eigenvalue weighted by Crippen LogP contribution is 2.39. The number of amides is 2. The van der Waals surface area contributed by atoms with Crippen LogP contribution in [0.5, 0.6) is 0 Å². The number of carboxylic acid groups (broad SMARTS) is 1. The number of aliphatic carboxylic acids is 1. The Bertz CT molecular complexity index is 1850. The van der Waals surface area contributed by atoms with E-state index in [4.69, 9.17) is 28.4 Å². The van der Waals surface area contributed by atoms with E-state index in [-0.39, 0.29) is 12.8 Å². The Labute approximate surface area is 528 Å². The molecule has 3 aliphatic heterocycles. The maximum atomic E-state index is 13.6. The molecule has 3 saturated heterocycles. The van der Waals surface area contributed by atoms with E-state index in [1.165, 1.54) is 128 Å². The van der Waals surface area contributed by atoms with Crippen LogP contribution in [-0.2, 0) is 42.8 Å². The highest BCUT2D eigenvalue weighted by Gasteiger charge is 2.60. The summed E-state index contributed by atoms with van der Waals surface area (Å²) in [6, 6.07) is -2.99. The molecule has 20 atom stereocenters. The number of rotatable bonds is 51. The summed E-state index contributed by atoms with van der Waals surface area (Å²) in [5.74, 6) is -6.72. The van der Waals surface area contributed by atoms with Crippen LogP contribution in [0.25, 0.3) is 0 Å². The normalized spacial score (nSPS) is 29.5. The number of hydrogen-bond acceptors (Lipinski definition) is 22. The number of aliphatic hydroxyl groups is 13. The van der Waals surface area contributed by atoms with Gasteiger partial charge >= 0.3 is 5.97 Å². The van der Waals surface area contributed by atoms with E-state index in [1.807, 2.05) is 0 Å². The molecule has 3 aliphatic rings. The van der Waals surface area contributed by atoms with Crippen LogP contribution in [0.1, 0.15) is 239 Å². The lowest BCUT2D eigenvalue weighted by Crippen LogP contribution is -2.70. The van der Waals surface area contributed by atoms with Gasteiger partial charge in [0.05, 0.1) is 50.7 Å². The van der Waals surface area contributed by atoms with E-state index in [0.717, 1.165) is 64.7 Å². The molecule has 16 N–H and O–H groups in total. The molecule has 2 amide bonds. The molecule has 3 fully saturated rings. The largest absolute Gasteiger partial charge is 0.477 e. The van der Waals surface area contributed by atoms with Crippen LogP contribution in [0.2, 0.25) is 0 Å². The molecule has 0 bridgehead atoms. The van der Waals surface area contributed by atoms with Crippen LogP contribution in [0.4, 0.5) is 0 Å². The molecule has 0 spiro atoms. The fraction of sp³-hybridized carbons (Fsp3) is 0.953. The number of carbonyl (C=O) groups excluding carboxylic acids is 2. The Morgan fingerprint density at radius 2 is 1.00 bits per heavy atom. The number of nitrogens with one attached hydrogen (secondary N) is 2. The first-order valence-electron chi connectivity index (χ1n) is 34.1. The molecule has 0 aliphatic carbocycles. The van der Waals surface area contributed by atoms with Crippen LogP contribution < -0.4 is 10.6 Å². The Morgan fingerprint density at radius 3 is 1.44 bits per heavy atom. The van der Waals surface area contributed by atoms with E-state index >= 15 is 0 Å². The molecular formula is C64H120N2O23. The molecule has 524 valence electrons. The van der Waals surface area contributed by atoms with Gasteiger partial charge in [-0.3, -0.25) is 9.59 Å². The Hall–Kier alpha value is -2.35. The zero-order valence-electron chi connectivity index (χ0n) is 53.8. The van der Waals surface area contributed by atoms with E-state index in [0.29, 0.717) is 12.8 Å². The fourth-order valence-corrected chi connectivity index (χ4v) is 12.2. The van der Waals surface area contributed by atoms with Crippen molar-refractivity contribution in [3.05, 3.63) is 0 Å². The molecule has 0 saturated carbocycles. The van der Waals surface area contributed by atoms with Gasteiger partial charge in [0.25, 0.3) is 5.79 Å². The van der Waals surface area contributed by atoms with E-state index < -0.39 is 173 Å². The Balaban J connectivity index is 1.65. The van der Waals surface area contributed by atoms with Crippen molar-refractivity contribution in [1.29, 1.82) is 0 Å². The van der Waals surface area contributed by atoms with Gasteiger partial charge in [-0.2, -0.15) is 0 Å². The molecule has 0 aromatic heterocycles. The van der Waals surface area contributed by atoms with Crippen LogP contribution in [0, 0.1) is 0 Å². The minimum absolute atomic E-state index is 0.134. The maximum absolute atomic E-state index is 13.6. The van der Waals surface area contributed by atoms with Crippen LogP contribution in [-0.4, -0.2) is 238 Å². The van der Waals surface area contributed by atoms with Crippen molar-refractivity contribution in [2.45, 2.75) is 361 Å². The van der Waals surface area contributed by atoms with Crippen molar-refractivity contribution in [3.63, 3.8) is 0 Å². The number of aliphatic hydroxyl groups excluding tert-OH is 13. The van der Waals surface area contributed by atoms with Gasteiger partial charge in [0.15, 0.2) is 12.6 Å². The molecule has 89 heavy (non-hydrogen) atoms. The summed E-state index contributed by atoms with van der Waals surface area (Å²) in [7, 11) is 0. The third kappa shape index (κ3) is 28.6. The molecule has 25 heteroatoms. The highest BCUT2D eigenvalue weighted by molar-refractivity contribution is 5.80. The Kier molecular flexibility index (Phi) is 41.7. The lowest BCUT2D eigenvalue weighted by atomic mass is 9.88. The van der Waals surface area contributed by atoms with E-state index in [9.17, 15) is 85.9 Å². The molecule has 0 aromatic rings. The van der Waals surface area contributed by atoms with E-state index in [1.54, 1.807) is 0 Å². The first kappa shape index (κ1) is 80.9. The monoisotopic (exact) mass is 1280 g/mol. The first-order chi connectivity index (χ1) is 42.7. The summed E-state index contributed by atoms with van der Waals surface area (Å²) >= 11 is 0. The molecule has 3 heterocycles. The quantitative estimate of drug-likeness (QED) is 0.0389. The highest BCUT2D eigenvalue weighted by atomic mass is 16.8. The number of ether oxygens (including phenoxy) is 6. The van der Waals surface area contributed by atoms with Crippen molar-refractivity contribution < 1.29 is 114 Å². The second-order valence-corrected chi connectivity index (χ2v) is 25.3. The van der Waals surface area contributed by atoms with Gasteiger partial charge in [0.1, 0.15) is 79.4 Å². The molecule has 14 unspecified atom stereocenters. The topological polar surface area (TPSA) is 414 Å². The van der Waals surface area contributed by atoms with E-state index in [2.05, 4.69) is 24.5 Å². The summed E-state index contributed by atoms with van der Waals surface area (Å²) in [6.07, 6.45) is 2.49. The lowest BCUT2D eigenvalue weighted by Gasteiger charge is -2.50. The second kappa shape index (κ2) is 45.9. The lowest BCUT2D eigenvalue weighted by molar-refractivity contribution is -0.386. The van der Waals surface area contributed by atoms with Gasteiger partial charge in [-0.25, -0.2) is 4.79 Å². The summed E-state index contributed by atoms with van der Waals surface area (Å²) in [6.45, 7) is 1.74. The number of carboxylic acids is 1. The molecular weight excluding hydrogens is 1160 g/mol. The summed E-state index contributed by atoms with van der Waals surface area (Å²) in [5, 5.41) is 158. The standard InChI is InChI=1S/C64H120N2O23/c1-4-6-8-10-12-14-16-18-19-20-21-22-24-26-28-30-32-34-36-45(72)60(81)66-43(51(75)44(71)35-33-31-29-27-25-23-17-15-13-11-9-7-5-2)41-84-61-55(79)54(78)57(49(40-69)86-61)87-62-56(80)59(53(77)48(39-68)85-62)89-64(63(82)83)37-46(73)50(65-42(3)70)58(88-64)52(76)47(74)38-67/h43-59,61-62,67-69,71-80H,4-41H2,1-3H3,(H,65,70)(H,66,81)(H,82,83)/t43?,44?,45?,46?,47?,48?,49?,50-,51?,52?,53+,54?,55?,56?,57-,58?,59?,61-,62+,64+/m1/s1. The predicted octanol–water partition coefficient (Wildman–Crippen LogP) is 3.28. The number of hydrogen-bond donors (Lipinski definition) is 16. The average molecular weight is 1290 g/mol. The summed E-state index contributed by atoms with van der Waals surface area (Å²) < 4.78 is 34.6. The fourth-order valence-electron chi connectivity index (χ4n) is 12.2. The second-order valence-electron chi connectivity index (χ2n) is 25.3. The van der Waals surface area contributed by atoms with Crippen LogP contribution in [0.15, 0.2) is 0 Å². The minimum atomic E-state index is -3.11. The van der Waals surface area contributed by atoms with Gasteiger partial charge in [-0.1, -0.05) is 213 Å². The third-order valence-electron chi connectivity index (χ3n) is 17.8. The predicted molar refractivity (Wildman–Crippen MR) is 327 cm³/mol. The average Bonchev–Trinajstić information content (AvgIpc) is 0.858. The van der Waals surface area contributed by atoms with Crippen molar-refractivity contribution in [1.82, 2.24) is 10.6 Å². The van der Waals surface area contributed by atoms with Gasteiger partial charge in [0, 0.05) is 13.3 Å². The minimum Gasteiger partial charge on any atom is -0.477 e. The SMILES string of the molecule is CCCCCCCCCCCCCCCCCCCCC(O)C(=O)NC(CO[C@@H]1OC(CO)[C@@H](O[C@@H]2OC(CO)[C@H](O)C(O[C@]3(C(=O)O)CC(O)[C@@H](NC(C)=O)C(C(O)C(O)CO)O3)C2O)C(O)C1O)C(O)C(O)CCCCCCCCCCCCCCC. The Morgan fingerprint density at radius 1 is 0.551 bits per heavy atom. The van der Waals surface area contributed by atoms with Crippen molar-refractivity contribution in [2.24, 2.45) is 0 Å². The van der Waals surface area contributed by atoms with Crippen molar-refractivity contribution in [3.8, 4) is 0 Å². The smallest absolute Gasteiger partial charge is 0.364 e. The van der Waals surface area contributed by atoms with Crippen molar-refractivity contribution >= 4 is 17.8 Å². The summed E-state index contributed by atoms with van der Waals surface area (Å²) in [4.78, 5) is 38.6. The van der Waals surface area contributed by atoms with Gasteiger partial charge in [-0.15, -0.1) is 0 Å². The molecule has 0 radical (unpaired) electrons. The molecule has 3 rings (SSSR count). The van der Waals surface area contributed by atoms with Crippen LogP contribution >= 0.6 is 0 Å². The maximum Gasteiger partial charge on any atom is 0.364 e. The zero-order valence-corrected chi connectivity index (χ0v) is 53.8. The van der Waals surface area contributed by atoms with Crippen molar-refractivity contribution in [2.75, 3.05) is 26.4 Å². The summed E-state index contributed by atoms with van der Waals surface area (Å²) in [5.41, 5.74) is 0. The number of unbranched alkanes of at least 4 members (excludes halogenated alkanes) is 29. The first-order valence-corrected chi connectivity index (χ1v) is 34.1. The van der Waals surface area contributed by atoms with Gasteiger partial charge < -0.3 is 111 Å². The van der Waals surface area contributed by atoms with Gasteiger partial charge in [-0.05, 0) is 12.8 Å². The third-order valence-corrected chi connectivity index (χ3v) is 17.8. The van der Waals surface area contributed by atoms with Crippen LogP contribution in [0.3, 0.4) is 0 Å². The zero-order chi connectivity index (χ0) is 65.7. The van der Waals surface area contributed by atoms with Gasteiger partial charge in [0.2, 0.25) is 11.8 Å². The molecule has 0 aromatic carbocycles.